The molecule has 3 rings (SSSR count). The smallest absolute Gasteiger partial charge is 0.161 e. The van der Waals surface area contributed by atoms with Gasteiger partial charge in [-0.2, -0.15) is 4.80 Å². The minimum atomic E-state index is 0.418. The van der Waals surface area contributed by atoms with Gasteiger partial charge in [-0.05, 0) is 36.0 Å². The predicted molar refractivity (Wildman–Crippen MR) is 69.0 cm³/mol. The minimum Gasteiger partial charge on any atom is -0.161 e. The molecule has 0 N–H and O–H groups in total. The van der Waals surface area contributed by atoms with Gasteiger partial charge in [0.05, 0.1) is 6.04 Å². The van der Waals surface area contributed by atoms with Gasteiger partial charge < -0.3 is 0 Å². The van der Waals surface area contributed by atoms with Crippen LogP contribution in [0, 0.1) is 5.92 Å². The van der Waals surface area contributed by atoms with E-state index in [1.807, 2.05) is 4.80 Å². The molecule has 4 nitrogen and oxygen atoms in total. The van der Waals surface area contributed by atoms with Gasteiger partial charge in [0.2, 0.25) is 0 Å². The third-order valence-corrected chi connectivity index (χ3v) is 3.87. The molecule has 94 valence electrons. The lowest BCUT2D eigenvalue weighted by Crippen LogP contribution is -2.26. The minimum absolute atomic E-state index is 0.418. The fraction of sp³-hybridized carbons (Fsp3) is 0.500. The fourth-order valence-corrected chi connectivity index (χ4v) is 2.97. The van der Waals surface area contributed by atoms with Crippen LogP contribution < -0.4 is 0 Å². The van der Waals surface area contributed by atoms with Gasteiger partial charge in [-0.1, -0.05) is 43.2 Å². The van der Waals surface area contributed by atoms with Gasteiger partial charge in [0, 0.05) is 0 Å². The molecular formula is C14H18N4. The Bertz CT molecular complexity index is 466. The Kier molecular flexibility index (Phi) is 3.35. The van der Waals surface area contributed by atoms with Crippen molar-refractivity contribution in [3.8, 4) is 0 Å². The van der Waals surface area contributed by atoms with Gasteiger partial charge in [-0.25, -0.2) is 0 Å². The molecule has 2 atom stereocenters. The van der Waals surface area contributed by atoms with E-state index >= 15 is 0 Å². The van der Waals surface area contributed by atoms with E-state index < -0.39 is 0 Å². The van der Waals surface area contributed by atoms with E-state index in [-0.39, 0.29) is 0 Å². The van der Waals surface area contributed by atoms with Gasteiger partial charge in [0.25, 0.3) is 0 Å². The SMILES string of the molecule is c1ccc(CC2CCCCC2n2ncnn2)cc1. The molecule has 1 aromatic heterocycles. The maximum absolute atomic E-state index is 4.23. The van der Waals surface area contributed by atoms with Crippen LogP contribution in [-0.2, 0) is 6.42 Å². The summed E-state index contributed by atoms with van der Waals surface area (Å²) < 4.78 is 0. The topological polar surface area (TPSA) is 43.6 Å². The summed E-state index contributed by atoms with van der Waals surface area (Å²) in [7, 11) is 0. The number of aromatic nitrogens is 4. The molecule has 1 saturated carbocycles. The molecule has 0 aliphatic heterocycles. The summed E-state index contributed by atoms with van der Waals surface area (Å²) in [4.78, 5) is 1.81. The molecule has 0 amide bonds. The summed E-state index contributed by atoms with van der Waals surface area (Å²) in [5.41, 5.74) is 1.41. The van der Waals surface area contributed by atoms with E-state index in [0.717, 1.165) is 6.42 Å². The first-order valence-corrected chi connectivity index (χ1v) is 6.70. The number of hydrogen-bond donors (Lipinski definition) is 0. The third kappa shape index (κ3) is 2.42. The first kappa shape index (κ1) is 11.4. The number of hydrogen-bond acceptors (Lipinski definition) is 3. The summed E-state index contributed by atoms with van der Waals surface area (Å²) in [5.74, 6) is 0.635. The van der Waals surface area contributed by atoms with Gasteiger partial charge >= 0.3 is 0 Å². The monoisotopic (exact) mass is 242 g/mol. The Morgan fingerprint density at radius 2 is 1.94 bits per heavy atom. The molecule has 0 bridgehead atoms. The maximum atomic E-state index is 4.23. The zero-order chi connectivity index (χ0) is 12.2. The molecule has 1 heterocycles. The van der Waals surface area contributed by atoms with Crippen LogP contribution in [0.5, 0.6) is 0 Å². The number of nitrogens with zero attached hydrogens (tertiary/aromatic N) is 4. The first-order chi connectivity index (χ1) is 8.93. The van der Waals surface area contributed by atoms with E-state index in [1.165, 1.54) is 37.6 Å². The first-order valence-electron chi connectivity index (χ1n) is 6.70. The lowest BCUT2D eigenvalue weighted by Gasteiger charge is -2.30. The molecule has 1 aromatic carbocycles. The molecule has 1 fully saturated rings. The summed E-state index contributed by atoms with van der Waals surface area (Å²) in [6.45, 7) is 0. The lowest BCUT2D eigenvalue weighted by atomic mass is 9.81. The molecule has 0 spiro atoms. The molecule has 4 heteroatoms. The highest BCUT2D eigenvalue weighted by molar-refractivity contribution is 5.15. The van der Waals surface area contributed by atoms with E-state index in [1.54, 1.807) is 0 Å². The van der Waals surface area contributed by atoms with Crippen molar-refractivity contribution >= 4 is 0 Å². The van der Waals surface area contributed by atoms with Crippen molar-refractivity contribution in [2.24, 2.45) is 5.92 Å². The highest BCUT2D eigenvalue weighted by Gasteiger charge is 2.28. The van der Waals surface area contributed by atoms with Gasteiger partial charge in [-0.15, -0.1) is 10.2 Å². The average Bonchev–Trinajstić information content (AvgIpc) is 2.94. The number of benzene rings is 1. The molecule has 2 unspecified atom stereocenters. The maximum Gasteiger partial charge on any atom is 0.162 e. The fourth-order valence-electron chi connectivity index (χ4n) is 2.97. The second-order valence-corrected chi connectivity index (χ2v) is 5.06. The van der Waals surface area contributed by atoms with Crippen molar-refractivity contribution in [2.45, 2.75) is 38.1 Å². The van der Waals surface area contributed by atoms with Crippen LogP contribution in [0.2, 0.25) is 0 Å². The number of rotatable bonds is 3. The second kappa shape index (κ2) is 5.29. The normalized spacial score (nSPS) is 24.0. The summed E-state index contributed by atoms with van der Waals surface area (Å²) >= 11 is 0. The van der Waals surface area contributed by atoms with Crippen LogP contribution in [0.3, 0.4) is 0 Å². The highest BCUT2D eigenvalue weighted by Crippen LogP contribution is 2.34. The Balaban J connectivity index is 1.76. The zero-order valence-corrected chi connectivity index (χ0v) is 10.4. The van der Waals surface area contributed by atoms with E-state index in [2.05, 4.69) is 45.7 Å². The van der Waals surface area contributed by atoms with Crippen molar-refractivity contribution in [2.75, 3.05) is 0 Å². The second-order valence-electron chi connectivity index (χ2n) is 5.06. The molecule has 18 heavy (non-hydrogen) atoms. The zero-order valence-electron chi connectivity index (χ0n) is 10.4. The summed E-state index contributed by atoms with van der Waals surface area (Å²) in [6.07, 6.45) is 7.69. The van der Waals surface area contributed by atoms with Gasteiger partial charge in [-0.3, -0.25) is 0 Å². The van der Waals surface area contributed by atoms with Crippen molar-refractivity contribution in [1.82, 2.24) is 20.2 Å². The summed E-state index contributed by atoms with van der Waals surface area (Å²) in [5, 5.41) is 12.2. The Morgan fingerprint density at radius 3 is 2.72 bits per heavy atom. The molecular weight excluding hydrogens is 224 g/mol. The molecule has 1 aliphatic carbocycles. The average molecular weight is 242 g/mol. The number of tetrazole rings is 1. The van der Waals surface area contributed by atoms with Crippen LogP contribution in [-0.4, -0.2) is 20.2 Å². The van der Waals surface area contributed by atoms with Gasteiger partial charge in [0.1, 0.15) is 0 Å². The Morgan fingerprint density at radius 1 is 1.11 bits per heavy atom. The highest BCUT2D eigenvalue weighted by atomic mass is 15.6. The summed E-state index contributed by atoms with van der Waals surface area (Å²) in [6, 6.07) is 11.1. The predicted octanol–water partition coefficient (Wildman–Crippen LogP) is 2.65. The van der Waals surface area contributed by atoms with Crippen LogP contribution in [0.25, 0.3) is 0 Å². The Hall–Kier alpha value is -1.71. The molecule has 1 aliphatic rings. The standard InChI is InChI=1S/C14H18N4/c1-2-6-12(7-3-1)10-13-8-4-5-9-14(13)18-16-11-15-17-18/h1-3,6-7,11,13-14H,4-5,8-10H2. The van der Waals surface area contributed by atoms with E-state index in [9.17, 15) is 0 Å². The van der Waals surface area contributed by atoms with Crippen molar-refractivity contribution < 1.29 is 0 Å². The van der Waals surface area contributed by atoms with Crippen molar-refractivity contribution in [1.29, 1.82) is 0 Å². The van der Waals surface area contributed by atoms with E-state index in [4.69, 9.17) is 0 Å². The third-order valence-electron chi connectivity index (χ3n) is 3.87. The quantitative estimate of drug-likeness (QED) is 0.831. The molecule has 2 aromatic rings. The lowest BCUT2D eigenvalue weighted by molar-refractivity contribution is 0.201. The van der Waals surface area contributed by atoms with Crippen molar-refractivity contribution in [3.05, 3.63) is 42.2 Å². The Labute approximate surface area is 107 Å². The van der Waals surface area contributed by atoms with Crippen LogP contribution in [0.15, 0.2) is 36.7 Å². The van der Waals surface area contributed by atoms with E-state index in [0.29, 0.717) is 12.0 Å². The molecule has 0 radical (unpaired) electrons. The largest absolute Gasteiger partial charge is 0.162 e. The van der Waals surface area contributed by atoms with Crippen LogP contribution in [0.1, 0.15) is 37.3 Å². The van der Waals surface area contributed by atoms with Crippen LogP contribution in [0.4, 0.5) is 0 Å². The van der Waals surface area contributed by atoms with Crippen LogP contribution >= 0.6 is 0 Å². The van der Waals surface area contributed by atoms with Crippen molar-refractivity contribution in [3.63, 3.8) is 0 Å². The molecule has 0 saturated heterocycles. The van der Waals surface area contributed by atoms with Gasteiger partial charge in [0.15, 0.2) is 6.33 Å².